The van der Waals surface area contributed by atoms with Crippen molar-refractivity contribution in [3.63, 3.8) is 0 Å². The number of pyridine rings is 1. The topological polar surface area (TPSA) is 63.7 Å². The van der Waals surface area contributed by atoms with E-state index >= 15 is 0 Å². The van der Waals surface area contributed by atoms with Gasteiger partial charge in [-0.15, -0.1) is 0 Å². The number of anilines is 2. The summed E-state index contributed by atoms with van der Waals surface area (Å²) in [6, 6.07) is 3.65. The molecule has 0 bridgehead atoms. The first-order valence-electron chi connectivity index (χ1n) is 6.79. The third-order valence-corrected chi connectivity index (χ3v) is 2.64. The summed E-state index contributed by atoms with van der Waals surface area (Å²) >= 11 is 0. The van der Waals surface area contributed by atoms with Crippen molar-refractivity contribution < 1.29 is 14.3 Å². The number of carbonyl (C=O) groups excluding carboxylic acids is 1. The second kappa shape index (κ2) is 5.56. The van der Waals surface area contributed by atoms with Crippen molar-refractivity contribution in [3.8, 4) is 5.75 Å². The molecule has 0 aromatic carbocycles. The van der Waals surface area contributed by atoms with E-state index in [1.807, 2.05) is 39.8 Å². The largest absolute Gasteiger partial charge is 0.488 e. The average molecular weight is 279 g/mol. The second-order valence-electron chi connectivity index (χ2n) is 5.53. The number of nitrogens with zero attached hydrogens (tertiary/aromatic N) is 2. The predicted octanol–water partition coefficient (Wildman–Crippen LogP) is 2.65. The van der Waals surface area contributed by atoms with Crippen molar-refractivity contribution >= 4 is 17.7 Å². The Morgan fingerprint density at radius 3 is 2.90 bits per heavy atom. The van der Waals surface area contributed by atoms with Crippen molar-refractivity contribution in [1.82, 2.24) is 4.98 Å². The van der Waals surface area contributed by atoms with E-state index in [0.29, 0.717) is 30.5 Å². The van der Waals surface area contributed by atoms with Crippen molar-refractivity contribution in [3.05, 3.63) is 12.1 Å². The number of amides is 1. The summed E-state index contributed by atoms with van der Waals surface area (Å²) < 4.78 is 10.9. The van der Waals surface area contributed by atoms with Gasteiger partial charge in [0.2, 0.25) is 0 Å². The highest BCUT2D eigenvalue weighted by atomic mass is 16.6. The minimum Gasteiger partial charge on any atom is -0.488 e. The molecule has 0 fully saturated rings. The highest BCUT2D eigenvalue weighted by Crippen LogP contribution is 2.31. The maximum Gasteiger partial charge on any atom is 0.416 e. The van der Waals surface area contributed by atoms with E-state index < -0.39 is 11.7 Å². The Labute approximate surface area is 119 Å². The molecule has 1 aliphatic heterocycles. The van der Waals surface area contributed by atoms with Crippen molar-refractivity contribution in [2.24, 2.45) is 0 Å². The minimum atomic E-state index is -0.533. The molecule has 6 nitrogen and oxygen atoms in total. The first kappa shape index (κ1) is 14.4. The van der Waals surface area contributed by atoms with Crippen LogP contribution in [0.1, 0.15) is 27.7 Å². The highest BCUT2D eigenvalue weighted by Gasteiger charge is 2.29. The Kier molecular flexibility index (Phi) is 4.01. The van der Waals surface area contributed by atoms with E-state index in [9.17, 15) is 4.79 Å². The van der Waals surface area contributed by atoms with Gasteiger partial charge in [-0.3, -0.25) is 4.90 Å². The van der Waals surface area contributed by atoms with Crippen molar-refractivity contribution in [2.45, 2.75) is 33.3 Å². The van der Waals surface area contributed by atoms with Crippen LogP contribution in [-0.2, 0) is 4.74 Å². The van der Waals surface area contributed by atoms with Crippen LogP contribution in [0.25, 0.3) is 0 Å². The number of rotatable bonds is 2. The quantitative estimate of drug-likeness (QED) is 0.901. The van der Waals surface area contributed by atoms with Gasteiger partial charge in [-0.25, -0.2) is 9.78 Å². The Bertz CT molecular complexity index is 497. The maximum atomic E-state index is 12.2. The molecule has 6 heteroatoms. The number of aromatic nitrogens is 1. The van der Waals surface area contributed by atoms with Gasteiger partial charge in [0.05, 0.1) is 6.54 Å². The van der Waals surface area contributed by atoms with Crippen LogP contribution in [0.4, 0.5) is 16.4 Å². The molecule has 0 saturated heterocycles. The fraction of sp³-hybridized carbons (Fsp3) is 0.571. The fourth-order valence-electron chi connectivity index (χ4n) is 1.87. The zero-order valence-corrected chi connectivity index (χ0v) is 12.4. The minimum absolute atomic E-state index is 0.400. The van der Waals surface area contributed by atoms with Gasteiger partial charge in [0, 0.05) is 6.54 Å². The lowest BCUT2D eigenvalue weighted by molar-refractivity contribution is 0.0566. The average Bonchev–Trinajstić information content (AvgIpc) is 2.36. The summed E-state index contributed by atoms with van der Waals surface area (Å²) in [6.45, 7) is 9.15. The summed E-state index contributed by atoms with van der Waals surface area (Å²) in [7, 11) is 0. The van der Waals surface area contributed by atoms with Gasteiger partial charge < -0.3 is 14.8 Å². The van der Waals surface area contributed by atoms with Crippen LogP contribution >= 0.6 is 0 Å². The number of carbonyl (C=O) groups is 1. The van der Waals surface area contributed by atoms with E-state index in [1.54, 1.807) is 0 Å². The SMILES string of the molecule is CCNc1ccc2c(n1)N(C(=O)OC(C)(C)C)CCO2. The van der Waals surface area contributed by atoms with E-state index in [1.165, 1.54) is 4.90 Å². The number of hydrogen-bond acceptors (Lipinski definition) is 5. The zero-order valence-electron chi connectivity index (χ0n) is 12.4. The molecule has 2 rings (SSSR count). The van der Waals surface area contributed by atoms with E-state index in [-0.39, 0.29) is 0 Å². The van der Waals surface area contributed by atoms with E-state index in [2.05, 4.69) is 10.3 Å². The fourth-order valence-corrected chi connectivity index (χ4v) is 1.87. The molecule has 1 aromatic rings. The Hall–Kier alpha value is -1.98. The molecule has 0 aliphatic carbocycles. The summed E-state index contributed by atoms with van der Waals surface area (Å²) in [6.07, 6.45) is -0.400. The molecule has 1 aromatic heterocycles. The van der Waals surface area contributed by atoms with Crippen molar-refractivity contribution in [1.29, 1.82) is 0 Å². The van der Waals surface area contributed by atoms with Crippen LogP contribution < -0.4 is 15.0 Å². The number of nitrogens with one attached hydrogen (secondary N) is 1. The molecule has 1 N–H and O–H groups in total. The highest BCUT2D eigenvalue weighted by molar-refractivity contribution is 5.89. The van der Waals surface area contributed by atoms with Crippen LogP contribution in [0.15, 0.2) is 12.1 Å². The molecule has 0 unspecified atom stereocenters. The summed E-state index contributed by atoms with van der Waals surface area (Å²) in [5.41, 5.74) is -0.533. The van der Waals surface area contributed by atoms with E-state index in [0.717, 1.165) is 6.54 Å². The Balaban J connectivity index is 2.26. The molecule has 0 spiro atoms. The molecule has 0 radical (unpaired) electrons. The lowest BCUT2D eigenvalue weighted by Gasteiger charge is -2.30. The monoisotopic (exact) mass is 279 g/mol. The van der Waals surface area contributed by atoms with Crippen LogP contribution in [0, 0.1) is 0 Å². The summed E-state index contributed by atoms with van der Waals surface area (Å²) in [5, 5.41) is 3.12. The Morgan fingerprint density at radius 1 is 1.50 bits per heavy atom. The molecule has 0 saturated carbocycles. The van der Waals surface area contributed by atoms with Gasteiger partial charge in [0.15, 0.2) is 11.6 Å². The molecule has 20 heavy (non-hydrogen) atoms. The Morgan fingerprint density at radius 2 is 2.25 bits per heavy atom. The van der Waals surface area contributed by atoms with Gasteiger partial charge in [0.25, 0.3) is 0 Å². The maximum absolute atomic E-state index is 12.2. The molecular formula is C14H21N3O3. The first-order chi connectivity index (χ1) is 9.40. The first-order valence-corrected chi connectivity index (χ1v) is 6.79. The lowest BCUT2D eigenvalue weighted by Crippen LogP contribution is -2.42. The molecule has 110 valence electrons. The van der Waals surface area contributed by atoms with Gasteiger partial charge in [0.1, 0.15) is 18.0 Å². The number of hydrogen-bond donors (Lipinski definition) is 1. The molecule has 1 amide bonds. The van der Waals surface area contributed by atoms with Gasteiger partial charge >= 0.3 is 6.09 Å². The van der Waals surface area contributed by atoms with Gasteiger partial charge in [-0.2, -0.15) is 0 Å². The van der Waals surface area contributed by atoms with Crippen LogP contribution in [0.2, 0.25) is 0 Å². The molecule has 2 heterocycles. The van der Waals surface area contributed by atoms with E-state index in [4.69, 9.17) is 9.47 Å². The molecular weight excluding hydrogens is 258 g/mol. The number of fused-ring (bicyclic) bond motifs is 1. The molecule has 0 atom stereocenters. The van der Waals surface area contributed by atoms with Gasteiger partial charge in [-0.1, -0.05) is 0 Å². The summed E-state index contributed by atoms with van der Waals surface area (Å²) in [4.78, 5) is 18.2. The third-order valence-electron chi connectivity index (χ3n) is 2.64. The molecule has 1 aliphatic rings. The van der Waals surface area contributed by atoms with Crippen LogP contribution in [0.5, 0.6) is 5.75 Å². The van der Waals surface area contributed by atoms with Crippen molar-refractivity contribution in [2.75, 3.05) is 29.9 Å². The third kappa shape index (κ3) is 3.31. The normalized spacial score (nSPS) is 14.3. The second-order valence-corrected chi connectivity index (χ2v) is 5.53. The lowest BCUT2D eigenvalue weighted by atomic mass is 10.2. The zero-order chi connectivity index (χ0) is 14.8. The standard InChI is InChI=1S/C14H21N3O3/c1-5-15-11-7-6-10-12(16-11)17(8-9-19-10)13(18)20-14(2,3)4/h6-7H,5,8-9H2,1-4H3,(H,15,16). The van der Waals surface area contributed by atoms with Gasteiger partial charge in [-0.05, 0) is 39.8 Å². The predicted molar refractivity (Wildman–Crippen MR) is 77.5 cm³/mol. The van der Waals surface area contributed by atoms with Crippen LogP contribution in [0.3, 0.4) is 0 Å². The number of ether oxygens (including phenoxy) is 2. The summed E-state index contributed by atoms with van der Waals surface area (Å²) in [5.74, 6) is 1.82. The van der Waals surface area contributed by atoms with Crippen LogP contribution in [-0.4, -0.2) is 36.4 Å². The smallest absolute Gasteiger partial charge is 0.416 e.